The third kappa shape index (κ3) is 5.52. The van der Waals surface area contributed by atoms with Crippen molar-refractivity contribution in [3.8, 4) is 11.5 Å². The summed E-state index contributed by atoms with van der Waals surface area (Å²) in [6, 6.07) is 4.04. The molecule has 2 aliphatic heterocycles. The zero-order valence-corrected chi connectivity index (χ0v) is 18.2. The van der Waals surface area contributed by atoms with Crippen LogP contribution in [-0.4, -0.2) is 66.4 Å². The van der Waals surface area contributed by atoms with E-state index in [4.69, 9.17) is 20.6 Å². The zero-order valence-electron chi connectivity index (χ0n) is 18.2. The number of fused-ring (bicyclic) bond motifs is 1. The summed E-state index contributed by atoms with van der Waals surface area (Å²) in [6.45, 7) is 7.76. The normalized spacial score (nSPS) is 19.5. The second kappa shape index (κ2) is 10.2. The quantitative estimate of drug-likeness (QED) is 0.306. The fraction of sp³-hybridized carbons (Fsp3) is 0.478. The van der Waals surface area contributed by atoms with Gasteiger partial charge in [-0.3, -0.25) is 10.4 Å². The lowest BCUT2D eigenvalue weighted by molar-refractivity contribution is 0.120. The van der Waals surface area contributed by atoms with Crippen LogP contribution in [0.2, 0.25) is 0 Å². The molecule has 4 N–H and O–H groups in total. The van der Waals surface area contributed by atoms with Crippen molar-refractivity contribution in [3.05, 3.63) is 48.1 Å². The van der Waals surface area contributed by atoms with Gasteiger partial charge >= 0.3 is 5.92 Å². The Kier molecular flexibility index (Phi) is 7.63. The van der Waals surface area contributed by atoms with Gasteiger partial charge in [0.2, 0.25) is 0 Å². The fourth-order valence-corrected chi connectivity index (χ4v) is 3.68. The van der Waals surface area contributed by atoms with Gasteiger partial charge in [0.25, 0.3) is 0 Å². The van der Waals surface area contributed by atoms with Crippen LogP contribution in [0.15, 0.2) is 47.5 Å². The first-order chi connectivity index (χ1) is 15.2. The Morgan fingerprint density at radius 1 is 1.31 bits per heavy atom. The first-order valence-corrected chi connectivity index (χ1v) is 10.6. The Bertz CT molecular complexity index is 911. The third-order valence-corrected chi connectivity index (χ3v) is 5.58. The molecule has 0 aliphatic carbocycles. The molecule has 1 aromatic rings. The monoisotopic (exact) mass is 448 g/mol. The number of halogens is 2. The standard InChI is InChI=1S/C23H30F2N4O3/c1-3-15(2)12-20(26)23(24,25)22(27)28-17(14-29-8-4-5-9-29)21(30)16-6-7-18-19(13-16)32-11-10-31-18/h3,6-7,12-13,17,21,26,30H,1,4-5,8-11,14H2,2H3,(H2,27,28)/b15-12+,26-20?. The number of hydrogen-bond acceptors (Lipinski definition) is 6. The summed E-state index contributed by atoms with van der Waals surface area (Å²) < 4.78 is 40.6. The highest BCUT2D eigenvalue weighted by Gasteiger charge is 2.40. The second-order valence-electron chi connectivity index (χ2n) is 8.02. The summed E-state index contributed by atoms with van der Waals surface area (Å²) in [5, 5.41) is 18.8. The molecule has 9 heteroatoms. The smallest absolute Gasteiger partial charge is 0.344 e. The zero-order chi connectivity index (χ0) is 23.3. The van der Waals surface area contributed by atoms with E-state index < -0.39 is 29.6 Å². The summed E-state index contributed by atoms with van der Waals surface area (Å²) in [5.74, 6) is -3.73. The van der Waals surface area contributed by atoms with E-state index in [-0.39, 0.29) is 6.54 Å². The number of nitrogens with two attached hydrogens (primary N) is 1. The molecule has 2 atom stereocenters. The van der Waals surface area contributed by atoms with Crippen molar-refractivity contribution >= 4 is 11.5 Å². The lowest BCUT2D eigenvalue weighted by Crippen LogP contribution is -2.44. The van der Waals surface area contributed by atoms with Gasteiger partial charge in [-0.1, -0.05) is 18.7 Å². The van der Waals surface area contributed by atoms with Gasteiger partial charge in [0, 0.05) is 6.54 Å². The third-order valence-electron chi connectivity index (χ3n) is 5.58. The van der Waals surface area contributed by atoms with E-state index in [1.165, 1.54) is 6.08 Å². The summed E-state index contributed by atoms with van der Waals surface area (Å²) in [5.41, 5.74) is 5.60. The van der Waals surface area contributed by atoms with Crippen molar-refractivity contribution < 1.29 is 23.4 Å². The van der Waals surface area contributed by atoms with Gasteiger partial charge in [-0.2, -0.15) is 8.78 Å². The molecular formula is C23H30F2N4O3. The van der Waals surface area contributed by atoms with E-state index >= 15 is 0 Å². The SMILES string of the molecule is C=C/C(C)=C/C(=N)C(F)(F)C(N)=NC(CN1CCCC1)C(O)c1ccc2c(c1)OCCO2. The number of amidine groups is 1. The molecule has 7 nitrogen and oxygen atoms in total. The molecule has 0 amide bonds. The molecule has 2 unspecified atom stereocenters. The van der Waals surface area contributed by atoms with Gasteiger partial charge in [-0.05, 0) is 62.2 Å². The molecule has 0 spiro atoms. The Morgan fingerprint density at radius 2 is 1.97 bits per heavy atom. The van der Waals surface area contributed by atoms with Crippen molar-refractivity contribution in [2.24, 2.45) is 10.7 Å². The van der Waals surface area contributed by atoms with Crippen LogP contribution >= 0.6 is 0 Å². The van der Waals surface area contributed by atoms with E-state index in [1.807, 2.05) is 0 Å². The average molecular weight is 449 g/mol. The molecule has 1 aromatic carbocycles. The first kappa shape index (κ1) is 23.9. The molecule has 32 heavy (non-hydrogen) atoms. The van der Waals surface area contributed by atoms with E-state index in [0.717, 1.165) is 32.0 Å². The van der Waals surface area contributed by atoms with Crippen LogP contribution < -0.4 is 15.2 Å². The van der Waals surface area contributed by atoms with Gasteiger partial charge in [0.15, 0.2) is 17.3 Å². The number of nitrogens with zero attached hydrogens (tertiary/aromatic N) is 2. The maximum absolute atomic E-state index is 14.8. The van der Waals surface area contributed by atoms with Crippen LogP contribution in [-0.2, 0) is 0 Å². The highest BCUT2D eigenvalue weighted by Crippen LogP contribution is 2.34. The lowest BCUT2D eigenvalue weighted by Gasteiger charge is -2.27. The number of nitrogens with one attached hydrogen (secondary N) is 1. The number of benzene rings is 1. The molecule has 2 aliphatic rings. The molecule has 1 fully saturated rings. The van der Waals surface area contributed by atoms with Gasteiger partial charge in [-0.25, -0.2) is 0 Å². The Balaban J connectivity index is 1.89. The Labute approximate surface area is 186 Å². The van der Waals surface area contributed by atoms with E-state index in [2.05, 4.69) is 16.5 Å². The van der Waals surface area contributed by atoms with Crippen LogP contribution in [0.4, 0.5) is 8.78 Å². The molecular weight excluding hydrogens is 418 g/mol. The highest BCUT2D eigenvalue weighted by molar-refractivity contribution is 6.15. The first-order valence-electron chi connectivity index (χ1n) is 10.6. The van der Waals surface area contributed by atoms with Gasteiger partial charge < -0.3 is 25.2 Å². The second-order valence-corrected chi connectivity index (χ2v) is 8.02. The largest absolute Gasteiger partial charge is 0.486 e. The van der Waals surface area contributed by atoms with E-state index in [9.17, 15) is 13.9 Å². The number of likely N-dealkylation sites (tertiary alicyclic amines) is 1. The molecule has 0 radical (unpaired) electrons. The van der Waals surface area contributed by atoms with E-state index in [1.54, 1.807) is 25.1 Å². The van der Waals surface area contributed by atoms with Gasteiger partial charge in [0.1, 0.15) is 25.0 Å². The summed E-state index contributed by atoms with van der Waals surface area (Å²) in [6.07, 6.45) is 3.18. The molecule has 3 rings (SSSR count). The lowest BCUT2D eigenvalue weighted by atomic mass is 10.0. The number of alkyl halides is 2. The maximum Gasteiger partial charge on any atom is 0.344 e. The van der Waals surface area contributed by atoms with Gasteiger partial charge in [0.05, 0.1) is 6.04 Å². The number of rotatable bonds is 9. The minimum atomic E-state index is -3.78. The van der Waals surface area contributed by atoms with Crippen LogP contribution in [0.3, 0.4) is 0 Å². The average Bonchev–Trinajstić information content (AvgIpc) is 3.30. The summed E-state index contributed by atoms with van der Waals surface area (Å²) in [7, 11) is 0. The highest BCUT2D eigenvalue weighted by atomic mass is 19.3. The predicted molar refractivity (Wildman–Crippen MR) is 120 cm³/mol. The molecule has 2 heterocycles. The molecule has 0 bridgehead atoms. The van der Waals surface area contributed by atoms with Crippen LogP contribution in [0, 0.1) is 5.41 Å². The Morgan fingerprint density at radius 3 is 2.62 bits per heavy atom. The molecule has 174 valence electrons. The fourth-order valence-electron chi connectivity index (χ4n) is 3.68. The number of hydrogen-bond donors (Lipinski definition) is 3. The topological polar surface area (TPSA) is 104 Å². The van der Waals surface area contributed by atoms with E-state index in [0.29, 0.717) is 35.8 Å². The molecule has 0 saturated carbocycles. The van der Waals surface area contributed by atoms with Crippen LogP contribution in [0.5, 0.6) is 11.5 Å². The molecule has 1 saturated heterocycles. The maximum atomic E-state index is 14.8. The van der Waals surface area contributed by atoms with Crippen molar-refractivity contribution in [1.29, 1.82) is 5.41 Å². The van der Waals surface area contributed by atoms with Crippen LogP contribution in [0.1, 0.15) is 31.4 Å². The molecule has 0 aromatic heterocycles. The number of ether oxygens (including phenoxy) is 2. The number of aliphatic hydroxyl groups excluding tert-OH is 1. The van der Waals surface area contributed by atoms with Crippen molar-refractivity contribution in [2.75, 3.05) is 32.8 Å². The minimum absolute atomic E-state index is 0.265. The predicted octanol–water partition coefficient (Wildman–Crippen LogP) is 3.10. The van der Waals surface area contributed by atoms with Gasteiger partial charge in [-0.15, -0.1) is 0 Å². The van der Waals surface area contributed by atoms with Crippen molar-refractivity contribution in [3.63, 3.8) is 0 Å². The van der Waals surface area contributed by atoms with Crippen LogP contribution in [0.25, 0.3) is 0 Å². The Hall–Kier alpha value is -2.78. The summed E-state index contributed by atoms with van der Waals surface area (Å²) >= 11 is 0. The van der Waals surface area contributed by atoms with Crippen molar-refractivity contribution in [1.82, 2.24) is 4.90 Å². The number of allylic oxidation sites excluding steroid dienone is 3. The minimum Gasteiger partial charge on any atom is -0.486 e. The summed E-state index contributed by atoms with van der Waals surface area (Å²) in [4.78, 5) is 6.10. The number of aliphatic hydroxyl groups is 1. The number of aliphatic imine (C=N–C) groups is 1. The van der Waals surface area contributed by atoms with Crippen molar-refractivity contribution in [2.45, 2.75) is 37.8 Å².